The fourth-order valence-electron chi connectivity index (χ4n) is 2.47. The Kier molecular flexibility index (Phi) is 2.54. The number of nitrogens with one attached hydrogen (secondary N) is 2. The average Bonchev–Trinajstić information content (AvgIpc) is 3.14. The largest absolute Gasteiger partial charge is 0.451 e. The lowest BCUT2D eigenvalue weighted by molar-refractivity contribution is 0.0999. The van der Waals surface area contributed by atoms with E-state index >= 15 is 0 Å². The van der Waals surface area contributed by atoms with Crippen LogP contribution in [-0.4, -0.2) is 10.9 Å². The summed E-state index contributed by atoms with van der Waals surface area (Å²) in [5.74, 6) is 0.0589. The van der Waals surface area contributed by atoms with Crippen LogP contribution in [0.1, 0.15) is 10.6 Å². The van der Waals surface area contributed by atoms with Crippen molar-refractivity contribution in [3.05, 3.63) is 66.6 Å². The molecule has 0 aliphatic carbocycles. The highest BCUT2D eigenvalue weighted by Gasteiger charge is 2.13. The van der Waals surface area contributed by atoms with Gasteiger partial charge in [0.25, 0.3) is 5.91 Å². The molecule has 102 valence electrons. The molecule has 0 atom stereocenters. The van der Waals surface area contributed by atoms with Crippen LogP contribution in [0, 0.1) is 0 Å². The highest BCUT2D eigenvalue weighted by molar-refractivity contribution is 6.08. The van der Waals surface area contributed by atoms with Gasteiger partial charge in [0.05, 0.1) is 5.69 Å². The van der Waals surface area contributed by atoms with Crippen molar-refractivity contribution < 1.29 is 9.21 Å². The predicted molar refractivity (Wildman–Crippen MR) is 82.5 cm³/mol. The first-order valence-corrected chi connectivity index (χ1v) is 6.67. The molecule has 0 saturated heterocycles. The number of aromatic amines is 1. The van der Waals surface area contributed by atoms with E-state index < -0.39 is 0 Å². The number of hydrogen-bond acceptors (Lipinski definition) is 2. The van der Waals surface area contributed by atoms with Crippen molar-refractivity contribution in [2.24, 2.45) is 0 Å². The minimum atomic E-state index is -0.250. The van der Waals surface area contributed by atoms with Crippen molar-refractivity contribution >= 4 is 33.5 Å². The van der Waals surface area contributed by atoms with E-state index in [9.17, 15) is 4.79 Å². The molecule has 21 heavy (non-hydrogen) atoms. The number of aromatic nitrogens is 1. The van der Waals surface area contributed by atoms with Gasteiger partial charge in [0, 0.05) is 22.5 Å². The Morgan fingerprint density at radius 3 is 2.86 bits per heavy atom. The topological polar surface area (TPSA) is 58.0 Å². The molecule has 4 nitrogen and oxygen atoms in total. The molecule has 0 saturated carbocycles. The highest BCUT2D eigenvalue weighted by atomic mass is 16.3. The maximum atomic E-state index is 12.3. The zero-order valence-electron chi connectivity index (χ0n) is 11.1. The van der Waals surface area contributed by atoms with Gasteiger partial charge in [-0.1, -0.05) is 24.3 Å². The van der Waals surface area contributed by atoms with Gasteiger partial charge < -0.3 is 14.7 Å². The Morgan fingerprint density at radius 1 is 1.05 bits per heavy atom. The summed E-state index contributed by atoms with van der Waals surface area (Å²) in [6, 6.07) is 17.0. The lowest BCUT2D eigenvalue weighted by atomic mass is 10.2. The number of anilines is 1. The minimum absolute atomic E-state index is 0.250. The first-order valence-electron chi connectivity index (χ1n) is 6.67. The first-order chi connectivity index (χ1) is 10.3. The van der Waals surface area contributed by atoms with E-state index in [1.54, 1.807) is 6.07 Å². The monoisotopic (exact) mass is 276 g/mol. The Bertz CT molecular complexity index is 916. The van der Waals surface area contributed by atoms with Gasteiger partial charge >= 0.3 is 0 Å². The van der Waals surface area contributed by atoms with Gasteiger partial charge in [0.1, 0.15) is 5.58 Å². The Morgan fingerprint density at radius 2 is 1.95 bits per heavy atom. The van der Waals surface area contributed by atoms with Gasteiger partial charge in [-0.2, -0.15) is 0 Å². The highest BCUT2D eigenvalue weighted by Crippen LogP contribution is 2.24. The fraction of sp³-hybridized carbons (Fsp3) is 0. The minimum Gasteiger partial charge on any atom is -0.451 e. The third-order valence-electron chi connectivity index (χ3n) is 3.49. The van der Waals surface area contributed by atoms with Crippen molar-refractivity contribution in [2.75, 3.05) is 5.32 Å². The summed E-state index contributed by atoms with van der Waals surface area (Å²) in [5, 5.41) is 4.79. The molecule has 1 amide bonds. The number of fused-ring (bicyclic) bond motifs is 2. The molecule has 0 aliphatic heterocycles. The summed E-state index contributed by atoms with van der Waals surface area (Å²) >= 11 is 0. The predicted octanol–water partition coefficient (Wildman–Crippen LogP) is 4.17. The number of amides is 1. The number of para-hydroxylation sites is 1. The number of rotatable bonds is 2. The molecule has 0 bridgehead atoms. The van der Waals surface area contributed by atoms with Crippen LogP contribution < -0.4 is 5.32 Å². The standard InChI is InChI=1S/C17H12N2O2/c20-17(16-10-11-4-1-2-7-15(11)21-16)19-14-6-3-5-13-12(14)8-9-18-13/h1-10,18H,(H,19,20). The Hall–Kier alpha value is -3.01. The van der Waals surface area contributed by atoms with Crippen LogP contribution in [0.3, 0.4) is 0 Å². The normalized spacial score (nSPS) is 11.0. The second-order valence-electron chi connectivity index (χ2n) is 4.85. The number of carbonyl (C=O) groups excluding carboxylic acids is 1. The molecule has 2 aromatic heterocycles. The molecule has 2 N–H and O–H groups in total. The molecule has 2 aromatic carbocycles. The first kappa shape index (κ1) is 11.8. The Balaban J connectivity index is 1.70. The average molecular weight is 276 g/mol. The van der Waals surface area contributed by atoms with Gasteiger partial charge in [0.2, 0.25) is 0 Å². The number of furan rings is 1. The van der Waals surface area contributed by atoms with Crippen molar-refractivity contribution in [1.82, 2.24) is 4.98 Å². The van der Waals surface area contributed by atoms with Crippen molar-refractivity contribution in [3.63, 3.8) is 0 Å². The lowest BCUT2D eigenvalue weighted by Crippen LogP contribution is -2.10. The van der Waals surface area contributed by atoms with E-state index in [2.05, 4.69) is 10.3 Å². The lowest BCUT2D eigenvalue weighted by Gasteiger charge is -2.04. The molecule has 0 aliphatic rings. The molecule has 0 radical (unpaired) electrons. The van der Waals surface area contributed by atoms with Gasteiger partial charge in [-0.15, -0.1) is 0 Å². The van der Waals surface area contributed by atoms with Crippen molar-refractivity contribution in [1.29, 1.82) is 0 Å². The van der Waals surface area contributed by atoms with Crippen molar-refractivity contribution in [2.45, 2.75) is 0 Å². The summed E-state index contributed by atoms with van der Waals surface area (Å²) in [6.07, 6.45) is 1.85. The van der Waals surface area contributed by atoms with E-state index in [0.717, 1.165) is 22.0 Å². The van der Waals surface area contributed by atoms with Gasteiger partial charge in [0.15, 0.2) is 5.76 Å². The van der Waals surface area contributed by atoms with E-state index in [1.165, 1.54) is 0 Å². The maximum absolute atomic E-state index is 12.3. The molecule has 2 heterocycles. The summed E-state index contributed by atoms with van der Waals surface area (Å²) in [6.45, 7) is 0. The molecule has 4 rings (SSSR count). The van der Waals surface area contributed by atoms with Crippen molar-refractivity contribution in [3.8, 4) is 0 Å². The molecule has 0 spiro atoms. The second-order valence-corrected chi connectivity index (χ2v) is 4.85. The number of H-pyrrole nitrogens is 1. The van der Waals surface area contributed by atoms with E-state index in [-0.39, 0.29) is 5.91 Å². The van der Waals surface area contributed by atoms with Crippen LogP contribution >= 0.6 is 0 Å². The number of carbonyl (C=O) groups is 1. The third-order valence-corrected chi connectivity index (χ3v) is 3.49. The smallest absolute Gasteiger partial charge is 0.291 e. The van der Waals surface area contributed by atoms with E-state index in [1.807, 2.05) is 54.7 Å². The van der Waals surface area contributed by atoms with Crippen LogP contribution in [0.4, 0.5) is 5.69 Å². The summed E-state index contributed by atoms with van der Waals surface area (Å²) in [7, 11) is 0. The number of hydrogen-bond donors (Lipinski definition) is 2. The fourth-order valence-corrected chi connectivity index (χ4v) is 2.47. The molecular weight excluding hydrogens is 264 g/mol. The molecule has 0 fully saturated rings. The van der Waals surface area contributed by atoms with E-state index in [0.29, 0.717) is 11.3 Å². The van der Waals surface area contributed by atoms with Crippen LogP contribution in [0.25, 0.3) is 21.9 Å². The third kappa shape index (κ3) is 1.97. The van der Waals surface area contributed by atoms with E-state index in [4.69, 9.17) is 4.42 Å². The van der Waals surface area contributed by atoms with Crippen LogP contribution in [0.5, 0.6) is 0 Å². The van der Waals surface area contributed by atoms with Gasteiger partial charge in [-0.3, -0.25) is 4.79 Å². The summed E-state index contributed by atoms with van der Waals surface area (Å²) in [4.78, 5) is 15.5. The van der Waals surface area contributed by atoms with Crippen LogP contribution in [-0.2, 0) is 0 Å². The zero-order valence-corrected chi connectivity index (χ0v) is 11.1. The van der Waals surface area contributed by atoms with Crippen LogP contribution in [0.15, 0.2) is 65.2 Å². The zero-order chi connectivity index (χ0) is 14.2. The Labute approximate surface area is 120 Å². The van der Waals surface area contributed by atoms with Gasteiger partial charge in [-0.25, -0.2) is 0 Å². The maximum Gasteiger partial charge on any atom is 0.291 e. The quantitative estimate of drug-likeness (QED) is 0.577. The molecular formula is C17H12N2O2. The molecule has 4 heteroatoms. The summed E-state index contributed by atoms with van der Waals surface area (Å²) < 4.78 is 5.58. The SMILES string of the molecule is O=C(Nc1cccc2[nH]ccc12)c1cc2ccccc2o1. The molecule has 0 unspecified atom stereocenters. The van der Waals surface area contributed by atoms with Crippen LogP contribution in [0.2, 0.25) is 0 Å². The van der Waals surface area contributed by atoms with Gasteiger partial charge in [-0.05, 0) is 30.3 Å². The summed E-state index contributed by atoms with van der Waals surface area (Å²) in [5.41, 5.74) is 2.46. The molecule has 4 aromatic rings. The second kappa shape index (κ2) is 4.52. The number of benzene rings is 2.